The quantitative estimate of drug-likeness (QED) is 0.316. The molecule has 0 nitrogen and oxygen atoms in total. The molecule has 23 heavy (non-hydrogen) atoms. The van der Waals surface area contributed by atoms with Crippen molar-refractivity contribution in [3.8, 4) is 0 Å². The third-order valence-electron chi connectivity index (χ3n) is 4.88. The van der Waals surface area contributed by atoms with Crippen molar-refractivity contribution in [2.75, 3.05) is 0 Å². The maximum absolute atomic E-state index is 4.48. The molecule has 0 aliphatic heterocycles. The number of unbranched alkanes of at least 4 members (excludes halogenated alkanes) is 3. The molecule has 139 valence electrons. The summed E-state index contributed by atoms with van der Waals surface area (Å²) in [6, 6.07) is 0. The van der Waals surface area contributed by atoms with Crippen LogP contribution in [-0.4, -0.2) is 0 Å². The van der Waals surface area contributed by atoms with Gasteiger partial charge in [0.05, 0.1) is 0 Å². The Morgan fingerprint density at radius 3 is 1.87 bits per heavy atom. The molecule has 0 aromatic carbocycles. The third kappa shape index (κ3) is 12.1. The summed E-state index contributed by atoms with van der Waals surface area (Å²) in [4.78, 5) is 0. The first-order valence-corrected chi connectivity index (χ1v) is 10.3. The average Bonchev–Trinajstić information content (AvgIpc) is 2.30. The summed E-state index contributed by atoms with van der Waals surface area (Å²) in [6.07, 6.45) is 13.6. The van der Waals surface area contributed by atoms with Crippen LogP contribution in [0.1, 0.15) is 120 Å². The fraction of sp³-hybridized carbons (Fsp3) is 0.957. The van der Waals surface area contributed by atoms with E-state index in [9.17, 15) is 0 Å². The largest absolute Gasteiger partial charge is 0.0654 e. The lowest BCUT2D eigenvalue weighted by molar-refractivity contribution is 0.0717. The molecule has 0 spiro atoms. The Hall–Kier alpha value is 0. The maximum Gasteiger partial charge on any atom is -0.0285 e. The minimum Gasteiger partial charge on any atom is -0.0654 e. The molecule has 0 rings (SSSR count). The first-order chi connectivity index (χ1) is 10.4. The fourth-order valence-electron chi connectivity index (χ4n) is 4.89. The average molecular weight is 324 g/mol. The predicted octanol–water partition coefficient (Wildman–Crippen LogP) is 8.46. The van der Waals surface area contributed by atoms with E-state index in [2.05, 4.69) is 62.3 Å². The fourth-order valence-corrected chi connectivity index (χ4v) is 4.89. The van der Waals surface area contributed by atoms with Crippen LogP contribution in [0, 0.1) is 29.1 Å². The predicted molar refractivity (Wildman–Crippen MR) is 108 cm³/mol. The molecule has 1 radical (unpaired) electrons. The van der Waals surface area contributed by atoms with Crippen molar-refractivity contribution in [2.45, 2.75) is 120 Å². The summed E-state index contributed by atoms with van der Waals surface area (Å²) in [6.45, 7) is 23.5. The van der Waals surface area contributed by atoms with Crippen molar-refractivity contribution in [3.05, 3.63) is 6.92 Å². The van der Waals surface area contributed by atoms with Gasteiger partial charge in [0.25, 0.3) is 0 Å². The lowest BCUT2D eigenvalue weighted by Gasteiger charge is -2.45. The molecule has 2 atom stereocenters. The molecule has 0 aromatic heterocycles. The molecule has 0 N–H and O–H groups in total. The lowest BCUT2D eigenvalue weighted by Crippen LogP contribution is -2.33. The highest BCUT2D eigenvalue weighted by atomic mass is 14.4. The minimum atomic E-state index is 0.182. The second kappa shape index (κ2) is 10.1. The molecular weight excluding hydrogens is 276 g/mol. The normalized spacial score (nSPS) is 15.0. The number of rotatable bonds is 12. The van der Waals surface area contributed by atoms with Crippen LogP contribution in [0.25, 0.3) is 0 Å². The van der Waals surface area contributed by atoms with Crippen molar-refractivity contribution in [1.29, 1.82) is 0 Å². The highest BCUT2D eigenvalue weighted by molar-refractivity contribution is 4.91. The minimum absolute atomic E-state index is 0.182. The van der Waals surface area contributed by atoms with E-state index in [0.717, 1.165) is 5.92 Å². The van der Waals surface area contributed by atoms with Crippen LogP contribution in [0.3, 0.4) is 0 Å². The van der Waals surface area contributed by atoms with Crippen LogP contribution in [0.2, 0.25) is 0 Å². The Balaban J connectivity index is 5.24. The van der Waals surface area contributed by atoms with E-state index in [1.165, 1.54) is 64.2 Å². The van der Waals surface area contributed by atoms with Gasteiger partial charge in [-0.25, -0.2) is 0 Å². The highest BCUT2D eigenvalue weighted by Crippen LogP contribution is 2.50. The van der Waals surface area contributed by atoms with Crippen LogP contribution < -0.4 is 0 Å². The molecule has 0 aliphatic rings. The third-order valence-corrected chi connectivity index (χ3v) is 4.88. The van der Waals surface area contributed by atoms with E-state index in [0.29, 0.717) is 10.8 Å². The summed E-state index contributed by atoms with van der Waals surface area (Å²) in [7, 11) is 0. The first-order valence-electron chi connectivity index (χ1n) is 10.3. The van der Waals surface area contributed by atoms with Gasteiger partial charge >= 0.3 is 0 Å². The summed E-state index contributed by atoms with van der Waals surface area (Å²) < 4.78 is 0. The number of hydrogen-bond acceptors (Lipinski definition) is 0. The Morgan fingerprint density at radius 1 is 0.826 bits per heavy atom. The Morgan fingerprint density at radius 2 is 1.43 bits per heavy atom. The molecule has 0 bridgehead atoms. The first kappa shape index (κ1) is 23.0. The zero-order valence-electron chi connectivity index (χ0n) is 17.9. The molecule has 0 saturated heterocycles. The molecule has 0 amide bonds. The second-order valence-electron chi connectivity index (χ2n) is 10.5. The highest BCUT2D eigenvalue weighted by Gasteiger charge is 2.38. The van der Waals surface area contributed by atoms with Gasteiger partial charge in [0, 0.05) is 0 Å². The van der Waals surface area contributed by atoms with E-state index in [4.69, 9.17) is 0 Å². The lowest BCUT2D eigenvalue weighted by atomic mass is 9.61. The van der Waals surface area contributed by atoms with Gasteiger partial charge in [-0.3, -0.25) is 0 Å². The van der Waals surface area contributed by atoms with Gasteiger partial charge in [-0.2, -0.15) is 0 Å². The second-order valence-corrected chi connectivity index (χ2v) is 10.5. The van der Waals surface area contributed by atoms with Gasteiger partial charge in [-0.15, -0.1) is 0 Å². The summed E-state index contributed by atoms with van der Waals surface area (Å²) in [5.41, 5.74) is 1.07. The standard InChI is InChI=1S/C23H47/c1-10-12-13-14-16-23(18-21(4,5)6,19-22(7,8)9)17-20(3)15-11-2/h20H,4,10-19H2,1-3,5-9H3. The van der Waals surface area contributed by atoms with Gasteiger partial charge in [0.1, 0.15) is 0 Å². The monoisotopic (exact) mass is 323 g/mol. The Labute approximate surface area is 149 Å². The van der Waals surface area contributed by atoms with E-state index in [1.807, 2.05) is 0 Å². The van der Waals surface area contributed by atoms with Crippen molar-refractivity contribution in [3.63, 3.8) is 0 Å². The molecule has 0 heteroatoms. The van der Waals surface area contributed by atoms with E-state index in [1.54, 1.807) is 0 Å². The Bertz CT molecular complexity index is 270. The number of hydrogen-bond donors (Lipinski definition) is 0. The van der Waals surface area contributed by atoms with Crippen molar-refractivity contribution in [2.24, 2.45) is 22.2 Å². The molecule has 0 fully saturated rings. The SMILES string of the molecule is [CH2]C(C)(C)CC(CCCCCC)(CC(C)CCC)CC(C)(C)C. The molecule has 0 aliphatic carbocycles. The van der Waals surface area contributed by atoms with E-state index in [-0.39, 0.29) is 5.41 Å². The van der Waals surface area contributed by atoms with Crippen LogP contribution >= 0.6 is 0 Å². The van der Waals surface area contributed by atoms with E-state index < -0.39 is 0 Å². The van der Waals surface area contributed by atoms with Gasteiger partial charge in [-0.1, -0.05) is 93.9 Å². The Kier molecular flexibility index (Phi) is 10.1. The molecule has 0 saturated carbocycles. The van der Waals surface area contributed by atoms with E-state index >= 15 is 0 Å². The smallest absolute Gasteiger partial charge is 0.0285 e. The van der Waals surface area contributed by atoms with Crippen molar-refractivity contribution >= 4 is 0 Å². The molecule has 2 unspecified atom stereocenters. The maximum atomic E-state index is 4.48. The molecule has 0 aromatic rings. The summed E-state index contributed by atoms with van der Waals surface area (Å²) in [5, 5.41) is 0. The molecule has 0 heterocycles. The van der Waals surface area contributed by atoms with Crippen molar-refractivity contribution in [1.82, 2.24) is 0 Å². The topological polar surface area (TPSA) is 0 Å². The van der Waals surface area contributed by atoms with Crippen LogP contribution in [0.15, 0.2) is 0 Å². The zero-order valence-corrected chi connectivity index (χ0v) is 17.9. The summed E-state index contributed by atoms with van der Waals surface area (Å²) >= 11 is 0. The zero-order chi connectivity index (χ0) is 18.1. The molecular formula is C23H47. The van der Waals surface area contributed by atoms with Gasteiger partial charge < -0.3 is 0 Å². The van der Waals surface area contributed by atoms with Crippen LogP contribution in [0.5, 0.6) is 0 Å². The van der Waals surface area contributed by atoms with Crippen LogP contribution in [0.4, 0.5) is 0 Å². The van der Waals surface area contributed by atoms with Gasteiger partial charge in [-0.05, 0) is 54.8 Å². The summed E-state index contributed by atoms with van der Waals surface area (Å²) in [5.74, 6) is 0.843. The van der Waals surface area contributed by atoms with Crippen molar-refractivity contribution < 1.29 is 0 Å². The van der Waals surface area contributed by atoms with Crippen LogP contribution in [-0.2, 0) is 0 Å². The van der Waals surface area contributed by atoms with Gasteiger partial charge in [0.2, 0.25) is 0 Å². The van der Waals surface area contributed by atoms with Gasteiger partial charge in [0.15, 0.2) is 0 Å².